The number of thiophene rings is 1. The highest BCUT2D eigenvalue weighted by atomic mass is 35.5. The molecule has 2 aliphatic rings. The van der Waals surface area contributed by atoms with Crippen LogP contribution in [0.5, 0.6) is 0 Å². The molecule has 1 aromatic rings. The minimum Gasteiger partial charge on any atom is -0.511 e. The molecule has 148 valence electrons. The molecule has 0 amide bonds. The van der Waals surface area contributed by atoms with Crippen molar-refractivity contribution in [2.75, 3.05) is 11.5 Å². The zero-order valence-corrected chi connectivity index (χ0v) is 18.0. The average molecular weight is 428 g/mol. The first-order valence-electron chi connectivity index (χ1n) is 9.55. The van der Waals surface area contributed by atoms with Crippen molar-refractivity contribution in [3.8, 4) is 0 Å². The molecule has 7 heteroatoms. The molecule has 27 heavy (non-hydrogen) atoms. The maximum atomic E-state index is 12.8. The maximum Gasteiger partial charge on any atom is 0.168 e. The summed E-state index contributed by atoms with van der Waals surface area (Å²) in [6.45, 7) is 2.34. The van der Waals surface area contributed by atoms with Crippen LogP contribution in [0.2, 0.25) is 4.34 Å². The topological polar surface area (TPSA) is 58.9 Å². The van der Waals surface area contributed by atoms with Gasteiger partial charge in [0.05, 0.1) is 15.6 Å². The van der Waals surface area contributed by atoms with Crippen LogP contribution in [0.25, 0.3) is 0 Å². The maximum absolute atomic E-state index is 12.8. The van der Waals surface area contributed by atoms with Gasteiger partial charge in [0.15, 0.2) is 12.4 Å². The number of hydrogen-bond donors (Lipinski definition) is 1. The highest BCUT2D eigenvalue weighted by Crippen LogP contribution is 2.38. The van der Waals surface area contributed by atoms with Gasteiger partial charge in [0, 0.05) is 17.7 Å². The Bertz CT molecular complexity index is 723. The predicted molar refractivity (Wildman–Crippen MR) is 114 cm³/mol. The lowest BCUT2D eigenvalue weighted by Gasteiger charge is -2.32. The SMILES string of the molecule is CCC/C(=N\OCc1ccc(Cl)s1)C1=C(O)CC(C2CCCSC2)CC1=O. The van der Waals surface area contributed by atoms with Gasteiger partial charge in [-0.15, -0.1) is 11.3 Å². The van der Waals surface area contributed by atoms with E-state index in [9.17, 15) is 9.90 Å². The predicted octanol–water partition coefficient (Wildman–Crippen LogP) is 6.01. The van der Waals surface area contributed by atoms with Crippen LogP contribution in [0.1, 0.15) is 50.3 Å². The molecule has 3 rings (SSSR count). The van der Waals surface area contributed by atoms with Crippen molar-refractivity contribution in [3.63, 3.8) is 0 Å². The molecule has 1 aliphatic heterocycles. The van der Waals surface area contributed by atoms with Crippen LogP contribution >= 0.6 is 34.7 Å². The van der Waals surface area contributed by atoms with E-state index >= 15 is 0 Å². The highest BCUT2D eigenvalue weighted by Gasteiger charge is 2.35. The number of nitrogens with zero attached hydrogens (tertiary/aromatic N) is 1. The lowest BCUT2D eigenvalue weighted by molar-refractivity contribution is -0.117. The highest BCUT2D eigenvalue weighted by molar-refractivity contribution is 7.99. The van der Waals surface area contributed by atoms with Gasteiger partial charge in [0.1, 0.15) is 5.76 Å². The van der Waals surface area contributed by atoms with E-state index in [4.69, 9.17) is 16.4 Å². The smallest absolute Gasteiger partial charge is 0.168 e. The van der Waals surface area contributed by atoms with Crippen molar-refractivity contribution in [2.24, 2.45) is 17.0 Å². The molecule has 0 spiro atoms. The number of allylic oxidation sites excluding steroid dienone is 2. The van der Waals surface area contributed by atoms with Gasteiger partial charge in [-0.25, -0.2) is 0 Å². The van der Waals surface area contributed by atoms with Crippen LogP contribution in [0.4, 0.5) is 0 Å². The molecule has 2 atom stereocenters. The molecule has 1 N–H and O–H groups in total. The number of aliphatic hydroxyl groups excluding tert-OH is 1. The third-order valence-corrected chi connectivity index (χ3v) is 7.56. The molecule has 2 heterocycles. The molecular weight excluding hydrogens is 402 g/mol. The Kier molecular flexibility index (Phi) is 7.67. The molecule has 2 unspecified atom stereocenters. The number of carbonyl (C=O) groups excluding carboxylic acids is 1. The van der Waals surface area contributed by atoms with Crippen LogP contribution in [0.3, 0.4) is 0 Å². The molecule has 0 radical (unpaired) electrons. The van der Waals surface area contributed by atoms with Gasteiger partial charge in [0.25, 0.3) is 0 Å². The standard InChI is InChI=1S/C20H26ClNO3S2/c1-2-4-16(22-25-11-15-6-7-19(21)27-15)20-17(23)9-14(10-18(20)24)13-5-3-8-26-12-13/h6-7,13-14,23H,2-5,8-12H2,1H3/b22-16+. The lowest BCUT2D eigenvalue weighted by atomic mass is 9.76. The largest absolute Gasteiger partial charge is 0.511 e. The fourth-order valence-corrected chi connectivity index (χ4v) is 6.05. The van der Waals surface area contributed by atoms with Crippen LogP contribution in [0, 0.1) is 11.8 Å². The molecule has 1 aromatic heterocycles. The second kappa shape index (κ2) is 9.99. The van der Waals surface area contributed by atoms with Crippen LogP contribution in [-0.2, 0) is 16.2 Å². The van der Waals surface area contributed by atoms with Crippen molar-refractivity contribution in [1.82, 2.24) is 0 Å². The normalized spacial score (nSPS) is 24.4. The first-order valence-corrected chi connectivity index (χ1v) is 11.9. The molecule has 0 aromatic carbocycles. The summed E-state index contributed by atoms with van der Waals surface area (Å²) in [5.41, 5.74) is 0.958. The van der Waals surface area contributed by atoms with Crippen molar-refractivity contribution in [1.29, 1.82) is 0 Å². The van der Waals surface area contributed by atoms with Gasteiger partial charge in [0.2, 0.25) is 0 Å². The summed E-state index contributed by atoms with van der Waals surface area (Å²) in [6, 6.07) is 3.72. The van der Waals surface area contributed by atoms with Gasteiger partial charge >= 0.3 is 0 Å². The number of oxime groups is 1. The number of Topliss-reactive ketones (excluding diaryl/α,β-unsaturated/α-hetero) is 1. The molecular formula is C20H26ClNO3S2. The summed E-state index contributed by atoms with van der Waals surface area (Å²) in [4.78, 5) is 19.3. The van der Waals surface area contributed by atoms with E-state index in [2.05, 4.69) is 5.16 Å². The number of halogens is 1. The van der Waals surface area contributed by atoms with E-state index in [1.807, 2.05) is 30.8 Å². The van der Waals surface area contributed by atoms with E-state index in [0.29, 0.717) is 47.4 Å². The number of rotatable bonds is 7. The summed E-state index contributed by atoms with van der Waals surface area (Å²) in [6.07, 6.45) is 4.90. The van der Waals surface area contributed by atoms with Crippen molar-refractivity contribution in [3.05, 3.63) is 32.7 Å². The molecule has 0 saturated carbocycles. The van der Waals surface area contributed by atoms with Crippen molar-refractivity contribution < 1.29 is 14.7 Å². The Morgan fingerprint density at radius 3 is 2.85 bits per heavy atom. The summed E-state index contributed by atoms with van der Waals surface area (Å²) in [5, 5.41) is 14.9. The van der Waals surface area contributed by atoms with Crippen LogP contribution in [0.15, 0.2) is 28.6 Å². The minimum atomic E-state index is 0.00860. The fourth-order valence-electron chi connectivity index (χ4n) is 3.78. The Balaban J connectivity index is 1.70. The Hall–Kier alpha value is -0.980. The number of ketones is 1. The molecule has 1 saturated heterocycles. The fraction of sp³-hybridized carbons (Fsp3) is 0.600. The second-order valence-corrected chi connectivity index (χ2v) is 10.1. The van der Waals surface area contributed by atoms with Gasteiger partial charge < -0.3 is 9.94 Å². The van der Waals surface area contributed by atoms with E-state index in [1.54, 1.807) is 0 Å². The van der Waals surface area contributed by atoms with Gasteiger partial charge in [-0.1, -0.05) is 30.1 Å². The third-order valence-electron chi connectivity index (χ3n) is 5.12. The number of aliphatic hydroxyl groups is 1. The van der Waals surface area contributed by atoms with E-state index < -0.39 is 0 Å². The first kappa shape index (κ1) is 20.7. The van der Waals surface area contributed by atoms with E-state index in [0.717, 1.165) is 23.5 Å². The van der Waals surface area contributed by atoms with Crippen molar-refractivity contribution >= 4 is 46.2 Å². The Morgan fingerprint density at radius 2 is 2.22 bits per heavy atom. The zero-order valence-electron chi connectivity index (χ0n) is 15.6. The number of carbonyl (C=O) groups is 1. The minimum absolute atomic E-state index is 0.00860. The molecule has 4 nitrogen and oxygen atoms in total. The third kappa shape index (κ3) is 5.52. The van der Waals surface area contributed by atoms with Crippen LogP contribution in [-0.4, -0.2) is 28.1 Å². The quantitative estimate of drug-likeness (QED) is 0.427. The number of hydrogen-bond acceptors (Lipinski definition) is 6. The summed E-state index contributed by atoms with van der Waals surface area (Å²) in [5.74, 6) is 3.30. The first-order chi connectivity index (χ1) is 13.1. The second-order valence-electron chi connectivity index (χ2n) is 7.16. The average Bonchev–Trinajstić information content (AvgIpc) is 3.07. The van der Waals surface area contributed by atoms with E-state index in [-0.39, 0.29) is 17.5 Å². The Labute approximate surface area is 174 Å². The molecule has 1 fully saturated rings. The summed E-state index contributed by atoms with van der Waals surface area (Å²) >= 11 is 9.34. The monoisotopic (exact) mass is 427 g/mol. The Morgan fingerprint density at radius 1 is 1.37 bits per heavy atom. The summed E-state index contributed by atoms with van der Waals surface area (Å²) in [7, 11) is 0. The van der Waals surface area contributed by atoms with Gasteiger partial charge in [-0.3, -0.25) is 4.79 Å². The molecule has 0 bridgehead atoms. The van der Waals surface area contributed by atoms with E-state index in [1.165, 1.54) is 23.5 Å². The van der Waals surface area contributed by atoms with Gasteiger partial charge in [-0.05, 0) is 54.7 Å². The lowest BCUT2D eigenvalue weighted by Crippen LogP contribution is -2.30. The number of thioether (sulfide) groups is 1. The summed E-state index contributed by atoms with van der Waals surface area (Å²) < 4.78 is 0.709. The van der Waals surface area contributed by atoms with Gasteiger partial charge in [-0.2, -0.15) is 11.8 Å². The zero-order chi connectivity index (χ0) is 19.2. The van der Waals surface area contributed by atoms with Crippen LogP contribution < -0.4 is 0 Å². The van der Waals surface area contributed by atoms with Crippen molar-refractivity contribution in [2.45, 2.75) is 52.1 Å². The molecule has 1 aliphatic carbocycles.